The van der Waals surface area contributed by atoms with Crippen LogP contribution in [0.15, 0.2) is 160 Å². The van der Waals surface area contributed by atoms with E-state index in [0.29, 0.717) is 0 Å². The molecule has 0 amide bonds. The Morgan fingerprint density at radius 2 is 1.18 bits per heavy atom. The maximum Gasteiger partial charge on any atom is 0.333 e. The Bertz CT molecular complexity index is 3680. The third-order valence-electron chi connectivity index (χ3n) is 13.6. The van der Waals surface area contributed by atoms with Gasteiger partial charge in [0.25, 0.3) is 0 Å². The summed E-state index contributed by atoms with van der Waals surface area (Å²) in [6, 6.07) is 56.0. The second kappa shape index (κ2) is 11.9. The van der Waals surface area contributed by atoms with Gasteiger partial charge in [0, 0.05) is 60.5 Å². The van der Waals surface area contributed by atoms with Crippen molar-refractivity contribution in [2.45, 2.75) is 52.4 Å². The molecule has 3 aromatic heterocycles. The normalized spacial score (nSPS) is 13.7. The minimum absolute atomic E-state index is 0.0336. The van der Waals surface area contributed by atoms with Gasteiger partial charge in [-0.15, -0.1) is 0 Å². The third-order valence-corrected chi connectivity index (χ3v) is 13.6. The number of aromatic nitrogens is 1. The highest BCUT2D eigenvalue weighted by Gasteiger charge is 2.46. The number of hydrogen-bond acceptors (Lipinski definition) is 3. The van der Waals surface area contributed by atoms with Gasteiger partial charge < -0.3 is 18.2 Å². The zero-order valence-electron chi connectivity index (χ0n) is 35.2. The van der Waals surface area contributed by atoms with E-state index in [9.17, 15) is 0 Å². The molecule has 0 N–H and O–H groups in total. The summed E-state index contributed by atoms with van der Waals surface area (Å²) in [5.41, 5.74) is 19.2. The largest absolute Gasteiger partial charge is 0.456 e. The Morgan fingerprint density at radius 1 is 0.492 bits per heavy atom. The first-order chi connectivity index (χ1) is 29.5. The highest BCUT2D eigenvalue weighted by molar-refractivity contribution is 6.94. The summed E-state index contributed by atoms with van der Waals surface area (Å²) >= 11 is 0. The van der Waals surface area contributed by atoms with Crippen LogP contribution >= 0.6 is 0 Å². The topological polar surface area (TPSA) is 34.5 Å². The van der Waals surface area contributed by atoms with Crippen LogP contribution in [0.25, 0.3) is 93.6 Å². The van der Waals surface area contributed by atoms with Crippen LogP contribution in [0.5, 0.6) is 0 Å². The number of nitrogens with zero attached hydrogens (tertiary/aromatic N) is 2. The van der Waals surface area contributed by atoms with E-state index in [0.717, 1.165) is 61.0 Å². The zero-order valence-corrected chi connectivity index (χ0v) is 35.2. The molecular weight excluding hydrogens is 743 g/mol. The Labute approximate surface area is 354 Å². The first kappa shape index (κ1) is 34.8. The summed E-state index contributed by atoms with van der Waals surface area (Å²) in [5.74, 6) is 0. The maximum atomic E-state index is 7.24. The second-order valence-corrected chi connectivity index (χ2v) is 19.3. The molecule has 5 heteroatoms. The molecule has 0 saturated heterocycles. The Balaban J connectivity index is 1.28. The highest BCUT2D eigenvalue weighted by Crippen LogP contribution is 2.53. The van der Waals surface area contributed by atoms with Crippen molar-refractivity contribution in [3.63, 3.8) is 0 Å². The molecule has 13 rings (SSSR count). The number of para-hydroxylation sites is 2. The lowest BCUT2D eigenvalue weighted by atomic mass is 9.43. The molecule has 0 saturated carbocycles. The van der Waals surface area contributed by atoms with Crippen molar-refractivity contribution in [2.24, 2.45) is 0 Å². The van der Waals surface area contributed by atoms with E-state index >= 15 is 0 Å². The minimum Gasteiger partial charge on any atom is -0.456 e. The molecule has 8 aromatic carbocycles. The zero-order chi connectivity index (χ0) is 41.1. The summed E-state index contributed by atoms with van der Waals surface area (Å²) in [6.07, 6.45) is 0. The van der Waals surface area contributed by atoms with Gasteiger partial charge in [-0.3, -0.25) is 0 Å². The summed E-state index contributed by atoms with van der Waals surface area (Å²) in [6.45, 7) is 13.7. The molecule has 2 aliphatic rings. The van der Waals surface area contributed by atoms with Crippen LogP contribution in [-0.2, 0) is 10.8 Å². The first-order valence-electron chi connectivity index (χ1n) is 21.5. The molecule has 0 unspecified atom stereocenters. The molecule has 11 aromatic rings. The lowest BCUT2D eigenvalue weighted by molar-refractivity contribution is 0.590. The van der Waals surface area contributed by atoms with E-state index in [1.165, 1.54) is 66.1 Å². The fraction of sp³-hybridized carbons (Fsp3) is 0.143. The smallest absolute Gasteiger partial charge is 0.333 e. The van der Waals surface area contributed by atoms with Gasteiger partial charge in [0.2, 0.25) is 0 Å². The molecule has 61 heavy (non-hydrogen) atoms. The third kappa shape index (κ3) is 4.72. The van der Waals surface area contributed by atoms with Crippen molar-refractivity contribution in [1.82, 2.24) is 4.57 Å². The summed E-state index contributed by atoms with van der Waals surface area (Å²) in [5, 5.41) is 7.03. The van der Waals surface area contributed by atoms with Crippen LogP contribution in [0.4, 0.5) is 11.4 Å². The van der Waals surface area contributed by atoms with Crippen molar-refractivity contribution in [3.05, 3.63) is 163 Å². The van der Waals surface area contributed by atoms with Crippen molar-refractivity contribution >= 4 is 94.8 Å². The number of benzene rings is 8. The van der Waals surface area contributed by atoms with E-state index < -0.39 is 0 Å². The van der Waals surface area contributed by atoms with E-state index in [2.05, 4.69) is 203 Å². The van der Waals surface area contributed by atoms with Gasteiger partial charge in [-0.05, 0) is 98.6 Å². The predicted molar refractivity (Wildman–Crippen MR) is 257 cm³/mol. The number of fused-ring (bicyclic) bond motifs is 16. The molecule has 4 nitrogen and oxygen atoms in total. The van der Waals surface area contributed by atoms with Gasteiger partial charge in [0.1, 0.15) is 22.3 Å². The van der Waals surface area contributed by atoms with Crippen LogP contribution in [0.2, 0.25) is 0 Å². The number of rotatable bonds is 2. The molecule has 0 atom stereocenters. The van der Waals surface area contributed by atoms with Gasteiger partial charge in [0.05, 0.1) is 11.0 Å². The van der Waals surface area contributed by atoms with Gasteiger partial charge in [-0.1, -0.05) is 139 Å². The molecule has 0 aliphatic carbocycles. The Morgan fingerprint density at radius 3 is 1.97 bits per heavy atom. The molecule has 0 radical (unpaired) electrons. The fourth-order valence-electron chi connectivity index (χ4n) is 10.7. The van der Waals surface area contributed by atoms with E-state index in [1.54, 1.807) is 0 Å². The molecule has 0 spiro atoms. The number of furan rings is 2. The van der Waals surface area contributed by atoms with Crippen molar-refractivity contribution in [1.29, 1.82) is 0 Å². The standard InChI is InChI=1S/C56H43BN2O2/c1-55(2,3)34-23-25-43-40(28-34)49-50-38-20-11-13-22-47(38)61-54(50)51-41-31-48-39(37-19-10-12-21-46(37)60-48)30-45(41)59(36-18-14-17-33(27-36)32-15-8-7-9-16-32)57-42-29-35(56(4,5)6)24-26-44(42)58(43)53(49)52(51)57/h7-31H,1-6H3. The maximum absolute atomic E-state index is 7.24. The highest BCUT2D eigenvalue weighted by atomic mass is 16.3. The monoisotopic (exact) mass is 786 g/mol. The van der Waals surface area contributed by atoms with Crippen molar-refractivity contribution < 1.29 is 8.83 Å². The fourth-order valence-corrected chi connectivity index (χ4v) is 10.7. The van der Waals surface area contributed by atoms with Crippen LogP contribution in [-0.4, -0.2) is 11.4 Å². The molecule has 0 fully saturated rings. The van der Waals surface area contributed by atoms with E-state index in [1.807, 2.05) is 0 Å². The van der Waals surface area contributed by atoms with Crippen molar-refractivity contribution in [3.8, 4) is 27.9 Å². The van der Waals surface area contributed by atoms with Gasteiger partial charge >= 0.3 is 6.85 Å². The average Bonchev–Trinajstić information content (AvgIpc) is 3.94. The molecule has 2 aliphatic heterocycles. The van der Waals surface area contributed by atoms with E-state index in [-0.39, 0.29) is 17.7 Å². The second-order valence-electron chi connectivity index (χ2n) is 19.3. The number of anilines is 2. The molecule has 0 bridgehead atoms. The lowest BCUT2D eigenvalue weighted by Crippen LogP contribution is -2.60. The first-order valence-corrected chi connectivity index (χ1v) is 21.5. The average molecular weight is 787 g/mol. The van der Waals surface area contributed by atoms with Crippen LogP contribution < -0.4 is 15.7 Å². The van der Waals surface area contributed by atoms with E-state index in [4.69, 9.17) is 8.83 Å². The predicted octanol–water partition coefficient (Wildman–Crippen LogP) is 14.1. The number of hydrogen-bond donors (Lipinski definition) is 0. The summed E-state index contributed by atoms with van der Waals surface area (Å²) in [4.78, 5) is 2.63. The van der Waals surface area contributed by atoms with Crippen LogP contribution in [0.1, 0.15) is 52.7 Å². The minimum atomic E-state index is -0.180. The molecule has 5 heterocycles. The molecular formula is C56H43BN2O2. The molecule has 292 valence electrons. The van der Waals surface area contributed by atoms with Crippen LogP contribution in [0, 0.1) is 0 Å². The quantitative estimate of drug-likeness (QED) is 0.164. The SMILES string of the molecule is CC(C)(C)c1ccc2c(c1)B1c3c(c4oc5ccccc5c4c4c5cc(C(C)(C)C)ccc5n-2c34)-c2cc3oc4ccccc4c3cc2N1c1cccc(-c2ccccc2)c1. The Hall–Kier alpha value is -6.98. The van der Waals surface area contributed by atoms with Crippen molar-refractivity contribution in [2.75, 3.05) is 4.81 Å². The van der Waals surface area contributed by atoms with Gasteiger partial charge in [0.15, 0.2) is 0 Å². The lowest BCUT2D eigenvalue weighted by Gasteiger charge is -2.42. The summed E-state index contributed by atoms with van der Waals surface area (Å²) < 4.78 is 16.5. The van der Waals surface area contributed by atoms with Gasteiger partial charge in [-0.25, -0.2) is 0 Å². The summed E-state index contributed by atoms with van der Waals surface area (Å²) in [7, 11) is 0. The van der Waals surface area contributed by atoms with Gasteiger partial charge in [-0.2, -0.15) is 0 Å². The van der Waals surface area contributed by atoms with Crippen LogP contribution in [0.3, 0.4) is 0 Å². The Kier molecular flexibility index (Phi) is 6.77.